The van der Waals surface area contributed by atoms with Crippen LogP contribution in [-0.4, -0.2) is 11.6 Å². The van der Waals surface area contributed by atoms with Gasteiger partial charge in [0.05, 0.1) is 5.69 Å². The number of rotatable bonds is 16. The van der Waals surface area contributed by atoms with Gasteiger partial charge in [-0.1, -0.05) is 89.9 Å². The highest BCUT2D eigenvalue weighted by Crippen LogP contribution is 2.32. The molecule has 0 bridgehead atoms. The molecule has 0 amide bonds. The Bertz CT molecular complexity index is 815. The third-order valence-corrected chi connectivity index (χ3v) is 7.66. The largest absolute Gasteiger partial charge is 0.490 e. The zero-order chi connectivity index (χ0) is 24.6. The van der Waals surface area contributed by atoms with Crippen molar-refractivity contribution in [1.82, 2.24) is 4.98 Å². The first-order chi connectivity index (χ1) is 17.3. The Morgan fingerprint density at radius 1 is 0.800 bits per heavy atom. The van der Waals surface area contributed by atoms with Crippen LogP contribution in [-0.2, 0) is 6.42 Å². The number of unbranched alkanes of at least 4 members (excludes halogenated alkanes) is 7. The van der Waals surface area contributed by atoms with Crippen LogP contribution in [0, 0.1) is 11.8 Å². The minimum atomic E-state index is 0.654. The Kier molecular flexibility index (Phi) is 13.0. The van der Waals surface area contributed by atoms with Crippen molar-refractivity contribution in [3.63, 3.8) is 0 Å². The highest BCUT2D eigenvalue weighted by molar-refractivity contribution is 5.60. The summed E-state index contributed by atoms with van der Waals surface area (Å²) in [6.07, 6.45) is 27.0. The van der Waals surface area contributed by atoms with Crippen molar-refractivity contribution < 1.29 is 4.74 Å². The van der Waals surface area contributed by atoms with Gasteiger partial charge in [0.2, 0.25) is 0 Å². The SMILES string of the molecule is CCCCCCCCc1ccc(-c2ccc(OC/C=C/[C@H]3CC[C@H](CCCCC)CC3)cc2)nc1. The van der Waals surface area contributed by atoms with E-state index in [2.05, 4.69) is 68.6 Å². The molecule has 35 heavy (non-hydrogen) atoms. The molecule has 1 aliphatic carbocycles. The Morgan fingerprint density at radius 2 is 1.51 bits per heavy atom. The Labute approximate surface area is 215 Å². The Hall–Kier alpha value is -2.09. The molecule has 2 aromatic rings. The lowest BCUT2D eigenvalue weighted by Gasteiger charge is -2.26. The average Bonchev–Trinajstić information content (AvgIpc) is 2.90. The summed E-state index contributed by atoms with van der Waals surface area (Å²) in [5.41, 5.74) is 3.53. The molecule has 2 nitrogen and oxygen atoms in total. The van der Waals surface area contributed by atoms with Gasteiger partial charge in [0.15, 0.2) is 0 Å². The number of nitrogens with zero attached hydrogens (tertiary/aromatic N) is 1. The lowest BCUT2D eigenvalue weighted by molar-refractivity contribution is 0.288. The molecule has 3 rings (SSSR count). The maximum Gasteiger partial charge on any atom is 0.119 e. The maximum atomic E-state index is 5.97. The summed E-state index contributed by atoms with van der Waals surface area (Å²) in [7, 11) is 0. The summed E-state index contributed by atoms with van der Waals surface area (Å²) >= 11 is 0. The van der Waals surface area contributed by atoms with Crippen LogP contribution in [0.3, 0.4) is 0 Å². The highest BCUT2D eigenvalue weighted by Gasteiger charge is 2.18. The molecule has 0 aliphatic heterocycles. The number of pyridine rings is 1. The second kappa shape index (κ2) is 16.6. The minimum absolute atomic E-state index is 0.654. The van der Waals surface area contributed by atoms with Crippen LogP contribution in [0.4, 0.5) is 0 Å². The van der Waals surface area contributed by atoms with Gasteiger partial charge in [0, 0.05) is 11.8 Å². The van der Waals surface area contributed by atoms with Crippen LogP contribution < -0.4 is 4.74 Å². The Morgan fingerprint density at radius 3 is 2.23 bits per heavy atom. The van der Waals surface area contributed by atoms with Gasteiger partial charge in [-0.2, -0.15) is 0 Å². The molecule has 1 heterocycles. The third kappa shape index (κ3) is 10.6. The number of hydrogen-bond donors (Lipinski definition) is 0. The molecule has 0 N–H and O–H groups in total. The van der Waals surface area contributed by atoms with E-state index in [4.69, 9.17) is 9.72 Å². The Balaban J connectivity index is 1.33. The van der Waals surface area contributed by atoms with Crippen molar-refractivity contribution in [2.75, 3.05) is 6.61 Å². The van der Waals surface area contributed by atoms with Crippen molar-refractivity contribution in [3.8, 4) is 17.0 Å². The molecule has 0 saturated heterocycles. The number of allylic oxidation sites excluding steroid dienone is 1. The molecule has 1 aromatic carbocycles. The van der Waals surface area contributed by atoms with E-state index in [1.807, 2.05) is 0 Å². The molecule has 0 unspecified atom stereocenters. The quantitative estimate of drug-likeness (QED) is 0.178. The zero-order valence-electron chi connectivity index (χ0n) is 22.5. The number of aryl methyl sites for hydroxylation is 1. The predicted molar refractivity (Wildman–Crippen MR) is 151 cm³/mol. The van der Waals surface area contributed by atoms with Crippen molar-refractivity contribution >= 4 is 0 Å². The molecule has 1 aromatic heterocycles. The summed E-state index contributed by atoms with van der Waals surface area (Å²) in [6, 6.07) is 12.8. The smallest absolute Gasteiger partial charge is 0.119 e. The summed E-state index contributed by atoms with van der Waals surface area (Å²) in [5.74, 6) is 2.66. The molecule has 2 heteroatoms. The fourth-order valence-corrected chi connectivity index (χ4v) is 5.32. The number of ether oxygens (including phenoxy) is 1. The van der Waals surface area contributed by atoms with Crippen LogP contribution in [0.1, 0.15) is 109 Å². The number of hydrogen-bond acceptors (Lipinski definition) is 2. The first-order valence-corrected chi connectivity index (χ1v) is 14.6. The van der Waals surface area contributed by atoms with Crippen molar-refractivity contribution in [3.05, 3.63) is 60.3 Å². The van der Waals surface area contributed by atoms with Crippen molar-refractivity contribution in [2.24, 2.45) is 11.8 Å². The van der Waals surface area contributed by atoms with Gasteiger partial charge in [-0.3, -0.25) is 4.98 Å². The van der Waals surface area contributed by atoms with Gasteiger partial charge in [-0.15, -0.1) is 0 Å². The monoisotopic (exact) mass is 475 g/mol. The fourth-order valence-electron chi connectivity index (χ4n) is 5.32. The lowest BCUT2D eigenvalue weighted by atomic mass is 9.79. The molecular weight excluding hydrogens is 426 g/mol. The summed E-state index contributed by atoms with van der Waals surface area (Å²) < 4.78 is 5.97. The molecule has 0 atom stereocenters. The third-order valence-electron chi connectivity index (χ3n) is 7.66. The molecule has 0 spiro atoms. The van der Waals surface area contributed by atoms with Crippen molar-refractivity contribution in [2.45, 2.75) is 110 Å². The van der Waals surface area contributed by atoms with Crippen LogP contribution in [0.5, 0.6) is 5.75 Å². The predicted octanol–water partition coefficient (Wildman–Crippen LogP) is 9.97. The maximum absolute atomic E-state index is 5.97. The molecule has 192 valence electrons. The minimum Gasteiger partial charge on any atom is -0.490 e. The lowest BCUT2D eigenvalue weighted by Crippen LogP contribution is -2.13. The normalized spacial score (nSPS) is 18.2. The van der Waals surface area contributed by atoms with E-state index in [1.54, 1.807) is 0 Å². The first-order valence-electron chi connectivity index (χ1n) is 14.6. The molecule has 0 radical (unpaired) electrons. The summed E-state index contributed by atoms with van der Waals surface area (Å²) in [4.78, 5) is 4.71. The van der Waals surface area contributed by atoms with E-state index in [-0.39, 0.29) is 0 Å². The molecule has 1 fully saturated rings. The van der Waals surface area contributed by atoms with E-state index >= 15 is 0 Å². The zero-order valence-corrected chi connectivity index (χ0v) is 22.5. The fraction of sp³-hybridized carbons (Fsp3) is 0.606. The van der Waals surface area contributed by atoms with Crippen LogP contribution >= 0.6 is 0 Å². The molecular formula is C33H49NO. The topological polar surface area (TPSA) is 22.1 Å². The van der Waals surface area contributed by atoms with Gasteiger partial charge < -0.3 is 4.74 Å². The van der Waals surface area contributed by atoms with E-state index in [9.17, 15) is 0 Å². The molecule has 1 aliphatic rings. The highest BCUT2D eigenvalue weighted by atomic mass is 16.5. The van der Waals surface area contributed by atoms with E-state index < -0.39 is 0 Å². The van der Waals surface area contributed by atoms with Crippen LogP contribution in [0.25, 0.3) is 11.3 Å². The summed E-state index contributed by atoms with van der Waals surface area (Å²) in [6.45, 7) is 5.22. The van der Waals surface area contributed by atoms with Gasteiger partial charge in [-0.05, 0) is 86.3 Å². The van der Waals surface area contributed by atoms with Crippen molar-refractivity contribution in [1.29, 1.82) is 0 Å². The van der Waals surface area contributed by atoms with E-state index in [1.165, 1.54) is 95.5 Å². The first kappa shape index (κ1) is 27.5. The molecule has 1 saturated carbocycles. The van der Waals surface area contributed by atoms with Gasteiger partial charge >= 0.3 is 0 Å². The standard InChI is InChI=1S/C33H49NO/c1-3-5-7-8-9-11-14-30-20-25-33(34-27-30)31-21-23-32(24-22-31)35-26-12-15-29-18-16-28(17-19-29)13-10-6-4-2/h12,15,20-25,27-29H,3-11,13-14,16-19,26H2,1-2H3/b15-12+/t28-,29-. The van der Waals surface area contributed by atoms with E-state index in [0.717, 1.165) is 35.3 Å². The van der Waals surface area contributed by atoms with Crippen LogP contribution in [0.2, 0.25) is 0 Å². The van der Waals surface area contributed by atoms with Gasteiger partial charge in [0.1, 0.15) is 12.4 Å². The average molecular weight is 476 g/mol. The number of aromatic nitrogens is 1. The summed E-state index contributed by atoms with van der Waals surface area (Å²) in [5, 5.41) is 0. The van der Waals surface area contributed by atoms with E-state index in [0.29, 0.717) is 6.61 Å². The second-order valence-corrected chi connectivity index (χ2v) is 10.6. The van der Waals surface area contributed by atoms with Gasteiger partial charge in [0.25, 0.3) is 0 Å². The van der Waals surface area contributed by atoms with Crippen LogP contribution in [0.15, 0.2) is 54.7 Å². The van der Waals surface area contributed by atoms with Gasteiger partial charge in [-0.25, -0.2) is 0 Å². The number of benzene rings is 1. The second-order valence-electron chi connectivity index (χ2n) is 10.6.